The van der Waals surface area contributed by atoms with Crippen molar-refractivity contribution in [3.63, 3.8) is 0 Å². The lowest BCUT2D eigenvalue weighted by Gasteiger charge is -2.24. The number of anilines is 1. The quantitative estimate of drug-likeness (QED) is 0.498. The van der Waals surface area contributed by atoms with Gasteiger partial charge >= 0.3 is 0 Å². The third-order valence-electron chi connectivity index (χ3n) is 6.36. The average molecular weight is 430 g/mol. The van der Waals surface area contributed by atoms with Crippen molar-refractivity contribution in [2.75, 3.05) is 31.1 Å². The Morgan fingerprint density at radius 1 is 0.938 bits per heavy atom. The molecule has 1 aliphatic heterocycles. The average Bonchev–Trinajstić information content (AvgIpc) is 3.61. The van der Waals surface area contributed by atoms with E-state index in [0.29, 0.717) is 36.1 Å². The van der Waals surface area contributed by atoms with E-state index in [1.165, 1.54) is 6.07 Å². The van der Waals surface area contributed by atoms with E-state index in [0.717, 1.165) is 43.3 Å². The summed E-state index contributed by atoms with van der Waals surface area (Å²) >= 11 is 0. The van der Waals surface area contributed by atoms with E-state index in [2.05, 4.69) is 15.1 Å². The molecule has 1 amide bonds. The van der Waals surface area contributed by atoms with Crippen LogP contribution >= 0.6 is 0 Å². The lowest BCUT2D eigenvalue weighted by atomic mass is 10.2. The Kier molecular flexibility index (Phi) is 4.52. The molecule has 8 heteroatoms. The Hall–Kier alpha value is -3.55. The zero-order valence-corrected chi connectivity index (χ0v) is 17.6. The van der Waals surface area contributed by atoms with Crippen LogP contribution in [0.3, 0.4) is 0 Å². The second kappa shape index (κ2) is 7.55. The van der Waals surface area contributed by atoms with Crippen LogP contribution in [0.1, 0.15) is 19.3 Å². The highest BCUT2D eigenvalue weighted by Gasteiger charge is 2.34. The van der Waals surface area contributed by atoms with Crippen LogP contribution < -0.4 is 4.90 Å². The van der Waals surface area contributed by atoms with Crippen LogP contribution in [0.4, 0.5) is 10.3 Å². The van der Waals surface area contributed by atoms with Crippen LogP contribution in [-0.4, -0.2) is 56.6 Å². The molecule has 0 unspecified atom stereocenters. The minimum atomic E-state index is -0.349. The fraction of sp³-hybridized carbons (Fsp3) is 0.333. The Morgan fingerprint density at radius 2 is 1.75 bits per heavy atom. The fourth-order valence-corrected chi connectivity index (χ4v) is 4.52. The van der Waals surface area contributed by atoms with Crippen molar-refractivity contribution in [1.82, 2.24) is 24.5 Å². The van der Waals surface area contributed by atoms with Gasteiger partial charge in [0, 0.05) is 37.5 Å². The van der Waals surface area contributed by atoms with Gasteiger partial charge in [-0.3, -0.25) is 4.79 Å². The smallest absolute Gasteiger partial charge is 0.225 e. The summed E-state index contributed by atoms with van der Waals surface area (Å²) in [6, 6.07) is 14.4. The third kappa shape index (κ3) is 3.18. The maximum atomic E-state index is 14.7. The van der Waals surface area contributed by atoms with E-state index in [-0.39, 0.29) is 17.6 Å². The molecule has 2 aliphatic rings. The molecule has 3 heterocycles. The molecule has 2 fully saturated rings. The number of hydrogen-bond donors (Lipinski definition) is 0. The first-order valence-corrected chi connectivity index (χ1v) is 11.1. The molecule has 32 heavy (non-hydrogen) atoms. The van der Waals surface area contributed by atoms with E-state index in [4.69, 9.17) is 4.98 Å². The SMILES string of the molecule is O=C(C1CC1)N1CCCN(c2nc3ccccc3c3nnc(-c4ccccc4F)n23)CC1. The maximum Gasteiger partial charge on any atom is 0.225 e. The highest BCUT2D eigenvalue weighted by atomic mass is 19.1. The number of aromatic nitrogens is 4. The summed E-state index contributed by atoms with van der Waals surface area (Å²) in [5, 5.41) is 9.67. The lowest BCUT2D eigenvalue weighted by Crippen LogP contribution is -2.36. The van der Waals surface area contributed by atoms with Crippen molar-refractivity contribution in [1.29, 1.82) is 0 Å². The minimum Gasteiger partial charge on any atom is -0.341 e. The first-order valence-electron chi connectivity index (χ1n) is 11.1. The number of rotatable bonds is 3. The number of para-hydroxylation sites is 1. The molecule has 0 N–H and O–H groups in total. The molecule has 7 nitrogen and oxygen atoms in total. The summed E-state index contributed by atoms with van der Waals surface area (Å²) in [5.74, 6) is 1.26. The summed E-state index contributed by atoms with van der Waals surface area (Å²) in [5.41, 5.74) is 1.86. The summed E-state index contributed by atoms with van der Waals surface area (Å²) in [6.07, 6.45) is 2.88. The van der Waals surface area contributed by atoms with Crippen LogP contribution in [0.5, 0.6) is 0 Å². The second-order valence-corrected chi connectivity index (χ2v) is 8.53. The lowest BCUT2D eigenvalue weighted by molar-refractivity contribution is -0.132. The number of benzene rings is 2. The normalized spacial score (nSPS) is 17.2. The summed E-state index contributed by atoms with van der Waals surface area (Å²) in [7, 11) is 0. The first-order chi connectivity index (χ1) is 15.7. The summed E-state index contributed by atoms with van der Waals surface area (Å²) in [4.78, 5) is 21.7. The van der Waals surface area contributed by atoms with Crippen LogP contribution in [0, 0.1) is 11.7 Å². The third-order valence-corrected chi connectivity index (χ3v) is 6.36. The molecule has 0 atom stereocenters. The maximum absolute atomic E-state index is 14.7. The Bertz CT molecular complexity index is 1330. The molecular weight excluding hydrogens is 407 g/mol. The number of carbonyl (C=O) groups is 1. The van der Waals surface area contributed by atoms with Gasteiger partial charge in [0.05, 0.1) is 11.1 Å². The molecule has 1 aliphatic carbocycles. The van der Waals surface area contributed by atoms with Crippen molar-refractivity contribution >= 4 is 28.4 Å². The van der Waals surface area contributed by atoms with Crippen molar-refractivity contribution in [3.8, 4) is 11.4 Å². The van der Waals surface area contributed by atoms with Gasteiger partial charge in [0.1, 0.15) is 5.82 Å². The highest BCUT2D eigenvalue weighted by Crippen LogP contribution is 2.32. The number of nitrogens with zero attached hydrogens (tertiary/aromatic N) is 6. The number of carbonyl (C=O) groups excluding carboxylic acids is 1. The van der Waals surface area contributed by atoms with Crippen LogP contribution in [0.15, 0.2) is 48.5 Å². The molecule has 4 aromatic rings. The molecule has 2 aromatic carbocycles. The van der Waals surface area contributed by atoms with Gasteiger partial charge < -0.3 is 9.80 Å². The van der Waals surface area contributed by atoms with E-state index in [1.54, 1.807) is 18.2 Å². The zero-order chi connectivity index (χ0) is 21.7. The summed E-state index contributed by atoms with van der Waals surface area (Å²) < 4.78 is 16.6. The zero-order valence-electron chi connectivity index (χ0n) is 17.6. The first kappa shape index (κ1) is 19.2. The Labute approximate surface area is 184 Å². The largest absolute Gasteiger partial charge is 0.341 e. The van der Waals surface area contributed by atoms with E-state index < -0.39 is 0 Å². The van der Waals surface area contributed by atoms with Crippen molar-refractivity contribution in [2.24, 2.45) is 5.92 Å². The predicted molar refractivity (Wildman–Crippen MR) is 120 cm³/mol. The van der Waals surface area contributed by atoms with Gasteiger partial charge in [-0.2, -0.15) is 0 Å². The van der Waals surface area contributed by atoms with Gasteiger partial charge in [0.15, 0.2) is 11.5 Å². The van der Waals surface area contributed by atoms with Crippen LogP contribution in [0.25, 0.3) is 27.9 Å². The molecule has 1 saturated heterocycles. The van der Waals surface area contributed by atoms with Gasteiger partial charge in [0.2, 0.25) is 11.9 Å². The number of halogens is 1. The molecule has 0 spiro atoms. The number of amides is 1. The molecule has 162 valence electrons. The van der Waals surface area contributed by atoms with Gasteiger partial charge in [-0.05, 0) is 43.5 Å². The van der Waals surface area contributed by atoms with Crippen LogP contribution in [-0.2, 0) is 4.79 Å². The predicted octanol–water partition coefficient (Wildman–Crippen LogP) is 3.53. The van der Waals surface area contributed by atoms with Crippen molar-refractivity contribution in [3.05, 3.63) is 54.3 Å². The number of fused-ring (bicyclic) bond motifs is 3. The van der Waals surface area contributed by atoms with E-state index in [9.17, 15) is 9.18 Å². The fourth-order valence-electron chi connectivity index (χ4n) is 4.52. The second-order valence-electron chi connectivity index (χ2n) is 8.53. The van der Waals surface area contributed by atoms with Crippen LogP contribution in [0.2, 0.25) is 0 Å². The topological polar surface area (TPSA) is 66.6 Å². The molecule has 0 bridgehead atoms. The number of hydrogen-bond acceptors (Lipinski definition) is 5. The summed E-state index contributed by atoms with van der Waals surface area (Å²) in [6.45, 7) is 2.82. The monoisotopic (exact) mass is 430 g/mol. The van der Waals surface area contributed by atoms with E-state index >= 15 is 0 Å². The van der Waals surface area contributed by atoms with Gasteiger partial charge in [-0.15, -0.1) is 10.2 Å². The van der Waals surface area contributed by atoms with Gasteiger partial charge in [-0.25, -0.2) is 13.8 Å². The molecule has 2 aromatic heterocycles. The highest BCUT2D eigenvalue weighted by molar-refractivity contribution is 5.93. The Morgan fingerprint density at radius 3 is 2.59 bits per heavy atom. The molecule has 1 saturated carbocycles. The van der Waals surface area contributed by atoms with Gasteiger partial charge in [0.25, 0.3) is 0 Å². The van der Waals surface area contributed by atoms with E-state index in [1.807, 2.05) is 33.6 Å². The van der Waals surface area contributed by atoms with Crippen molar-refractivity contribution < 1.29 is 9.18 Å². The minimum absolute atomic E-state index is 0.220. The standard InChI is InChI=1S/C24H23FN6O/c25-19-8-3-1-6-17(19)21-27-28-22-18-7-2-4-9-20(18)26-24(31(21)22)30-13-5-12-29(14-15-30)23(32)16-10-11-16/h1-4,6-9,16H,5,10-15H2. The van der Waals surface area contributed by atoms with Gasteiger partial charge in [-0.1, -0.05) is 24.3 Å². The molecule has 0 radical (unpaired) electrons. The molecular formula is C24H23FN6O. The molecule has 6 rings (SSSR count). The Balaban J connectivity index is 1.48. The van der Waals surface area contributed by atoms with Crippen molar-refractivity contribution in [2.45, 2.75) is 19.3 Å².